The van der Waals surface area contributed by atoms with Crippen molar-refractivity contribution in [1.29, 1.82) is 0 Å². The molecule has 1 aromatic rings. The lowest BCUT2D eigenvalue weighted by atomic mass is 10.1. The summed E-state index contributed by atoms with van der Waals surface area (Å²) in [5, 5.41) is 10.7. The largest absolute Gasteiger partial charge is 0.619 e. The molecule has 1 atom stereocenters. The molecule has 0 bridgehead atoms. The zero-order valence-corrected chi connectivity index (χ0v) is 6.86. The fourth-order valence-electron chi connectivity index (χ4n) is 0.972. The minimum Gasteiger partial charge on any atom is -0.619 e. The van der Waals surface area contributed by atoms with Gasteiger partial charge in [-0.3, -0.25) is 0 Å². The summed E-state index contributed by atoms with van der Waals surface area (Å²) in [5.74, 6) is 0. The quantitative estimate of drug-likeness (QED) is 0.543. The molecule has 76 valence electrons. The molecule has 0 saturated heterocycles. The fraction of sp³-hybridized carbons (Fsp3) is 0.250. The first-order chi connectivity index (χ1) is 6.45. The van der Waals surface area contributed by atoms with E-state index in [0.29, 0.717) is 0 Å². The molecule has 1 heterocycles. The van der Waals surface area contributed by atoms with Gasteiger partial charge in [0.2, 0.25) is 0 Å². The molecule has 0 aromatic carbocycles. The standard InChI is InChI=1S/C8H6F3NO2/c1-14-7(8(9,10)11)6-3-2-4-12(13)5-6/h1-5,7H. The highest BCUT2D eigenvalue weighted by Crippen LogP contribution is 2.34. The van der Waals surface area contributed by atoms with E-state index < -0.39 is 12.3 Å². The smallest absolute Gasteiger partial charge is 0.419 e. The first-order valence-corrected chi connectivity index (χ1v) is 3.56. The van der Waals surface area contributed by atoms with Crippen molar-refractivity contribution < 1.29 is 22.6 Å². The van der Waals surface area contributed by atoms with Crippen LogP contribution in [0.3, 0.4) is 0 Å². The highest BCUT2D eigenvalue weighted by Gasteiger charge is 2.42. The zero-order chi connectivity index (χ0) is 10.8. The van der Waals surface area contributed by atoms with Gasteiger partial charge in [-0.15, -0.1) is 0 Å². The summed E-state index contributed by atoms with van der Waals surface area (Å²) < 4.78 is 40.7. The molecule has 1 aromatic heterocycles. The summed E-state index contributed by atoms with van der Waals surface area (Å²) in [5.41, 5.74) is -0.336. The normalized spacial score (nSPS) is 14.0. The van der Waals surface area contributed by atoms with Crippen molar-refractivity contribution in [3.8, 4) is 0 Å². The third-order valence-corrected chi connectivity index (χ3v) is 1.53. The monoisotopic (exact) mass is 205 g/mol. The zero-order valence-electron chi connectivity index (χ0n) is 6.86. The molecule has 0 aliphatic rings. The Balaban J connectivity index is 3.01. The SMILES string of the molecule is [CH]OC(c1ccc[n+]([O-])c1)C(F)(F)F. The Hall–Kier alpha value is -1.30. The Bertz CT molecular complexity index is 314. The van der Waals surface area contributed by atoms with Crippen molar-refractivity contribution in [1.82, 2.24) is 0 Å². The third kappa shape index (κ3) is 2.35. The van der Waals surface area contributed by atoms with Crippen molar-refractivity contribution in [2.45, 2.75) is 12.3 Å². The van der Waals surface area contributed by atoms with E-state index >= 15 is 0 Å². The van der Waals surface area contributed by atoms with Gasteiger partial charge in [0.1, 0.15) is 7.11 Å². The van der Waals surface area contributed by atoms with Gasteiger partial charge in [0.05, 0.1) is 5.56 Å². The van der Waals surface area contributed by atoms with Gasteiger partial charge in [0.25, 0.3) is 0 Å². The number of halogens is 3. The van der Waals surface area contributed by atoms with Crippen LogP contribution in [0.2, 0.25) is 0 Å². The molecule has 0 saturated carbocycles. The summed E-state index contributed by atoms with van der Waals surface area (Å²) >= 11 is 0. The topological polar surface area (TPSA) is 36.2 Å². The average molecular weight is 205 g/mol. The lowest BCUT2D eigenvalue weighted by Gasteiger charge is -2.17. The van der Waals surface area contributed by atoms with Crippen LogP contribution in [-0.2, 0) is 4.74 Å². The molecule has 6 heteroatoms. The Kier molecular flexibility index (Phi) is 2.95. The first kappa shape index (κ1) is 10.8. The predicted molar refractivity (Wildman–Crippen MR) is 39.6 cm³/mol. The van der Waals surface area contributed by atoms with Gasteiger partial charge in [-0.05, 0) is 6.07 Å². The molecule has 3 nitrogen and oxygen atoms in total. The summed E-state index contributed by atoms with van der Waals surface area (Å²) in [6.07, 6.45) is -5.09. The number of nitrogens with zero attached hydrogens (tertiary/aromatic N) is 1. The van der Waals surface area contributed by atoms with Crippen LogP contribution in [0, 0.1) is 12.3 Å². The summed E-state index contributed by atoms with van der Waals surface area (Å²) in [6, 6.07) is 2.29. The predicted octanol–water partition coefficient (Wildman–Crippen LogP) is 1.61. The summed E-state index contributed by atoms with van der Waals surface area (Å²) in [6.45, 7) is 0. The Labute approximate surface area is 78.3 Å². The van der Waals surface area contributed by atoms with E-state index in [1.807, 2.05) is 0 Å². The second-order valence-corrected chi connectivity index (χ2v) is 2.55. The van der Waals surface area contributed by atoms with Gasteiger partial charge in [0.15, 0.2) is 18.5 Å². The Morgan fingerprint density at radius 2 is 2.14 bits per heavy atom. The minimum atomic E-state index is -4.64. The molecule has 14 heavy (non-hydrogen) atoms. The second kappa shape index (κ2) is 3.83. The molecule has 0 amide bonds. The molecular formula is C8H6F3NO2. The van der Waals surface area contributed by atoms with Gasteiger partial charge < -0.3 is 9.94 Å². The van der Waals surface area contributed by atoms with Crippen LogP contribution in [0.5, 0.6) is 0 Å². The molecule has 0 aliphatic carbocycles. The lowest BCUT2D eigenvalue weighted by Crippen LogP contribution is -2.29. The Morgan fingerprint density at radius 3 is 2.57 bits per heavy atom. The molecule has 0 fully saturated rings. The number of hydrogen-bond donors (Lipinski definition) is 0. The van der Waals surface area contributed by atoms with Crippen molar-refractivity contribution in [2.75, 3.05) is 0 Å². The highest BCUT2D eigenvalue weighted by molar-refractivity contribution is 5.11. The van der Waals surface area contributed by atoms with Crippen LogP contribution in [0.1, 0.15) is 11.7 Å². The van der Waals surface area contributed by atoms with Crippen LogP contribution < -0.4 is 4.73 Å². The fourth-order valence-corrected chi connectivity index (χ4v) is 0.972. The molecule has 2 radical (unpaired) electrons. The minimum absolute atomic E-state index is 0.243. The maximum atomic E-state index is 12.2. The molecule has 1 unspecified atom stereocenters. The summed E-state index contributed by atoms with van der Waals surface area (Å²) in [4.78, 5) is 0. The number of pyridine rings is 1. The van der Waals surface area contributed by atoms with Gasteiger partial charge >= 0.3 is 6.18 Å². The average Bonchev–Trinajstić information content (AvgIpc) is 2.02. The molecule has 0 spiro atoms. The second-order valence-electron chi connectivity index (χ2n) is 2.55. The maximum Gasteiger partial charge on any atom is 0.419 e. The molecule has 0 N–H and O–H groups in total. The number of ether oxygens (including phenoxy) is 1. The van der Waals surface area contributed by atoms with Crippen molar-refractivity contribution >= 4 is 0 Å². The van der Waals surface area contributed by atoms with Crippen LogP contribution in [0.4, 0.5) is 13.2 Å². The van der Waals surface area contributed by atoms with E-state index in [0.717, 1.165) is 18.5 Å². The van der Waals surface area contributed by atoms with Crippen LogP contribution >= 0.6 is 0 Å². The van der Waals surface area contributed by atoms with Gasteiger partial charge in [0, 0.05) is 6.07 Å². The van der Waals surface area contributed by atoms with Crippen LogP contribution in [0.15, 0.2) is 24.5 Å². The lowest BCUT2D eigenvalue weighted by molar-refractivity contribution is -0.606. The van der Waals surface area contributed by atoms with E-state index in [1.165, 1.54) is 6.07 Å². The Morgan fingerprint density at radius 1 is 1.50 bits per heavy atom. The van der Waals surface area contributed by atoms with Crippen molar-refractivity contribution in [3.63, 3.8) is 0 Å². The molecule has 0 aliphatic heterocycles. The van der Waals surface area contributed by atoms with Crippen LogP contribution in [0.25, 0.3) is 0 Å². The van der Waals surface area contributed by atoms with Gasteiger partial charge in [-0.25, -0.2) is 0 Å². The summed E-state index contributed by atoms with van der Waals surface area (Å²) in [7, 11) is 4.51. The maximum absolute atomic E-state index is 12.2. The van der Waals surface area contributed by atoms with Gasteiger partial charge in [-0.2, -0.15) is 17.9 Å². The van der Waals surface area contributed by atoms with Crippen molar-refractivity contribution in [3.05, 3.63) is 42.4 Å². The number of alkyl halides is 3. The van der Waals surface area contributed by atoms with E-state index in [2.05, 4.69) is 11.8 Å². The van der Waals surface area contributed by atoms with Gasteiger partial charge in [-0.1, -0.05) is 0 Å². The number of hydrogen-bond acceptors (Lipinski definition) is 2. The highest BCUT2D eigenvalue weighted by atomic mass is 19.4. The molecular weight excluding hydrogens is 199 g/mol. The van der Waals surface area contributed by atoms with E-state index in [-0.39, 0.29) is 10.3 Å². The van der Waals surface area contributed by atoms with Crippen molar-refractivity contribution in [2.24, 2.45) is 0 Å². The van der Waals surface area contributed by atoms with E-state index in [4.69, 9.17) is 0 Å². The van der Waals surface area contributed by atoms with E-state index in [9.17, 15) is 18.4 Å². The third-order valence-electron chi connectivity index (χ3n) is 1.53. The number of rotatable bonds is 2. The first-order valence-electron chi connectivity index (χ1n) is 3.56. The molecule has 1 rings (SSSR count). The van der Waals surface area contributed by atoms with Crippen LogP contribution in [-0.4, -0.2) is 6.18 Å². The van der Waals surface area contributed by atoms with E-state index in [1.54, 1.807) is 0 Å². The number of aromatic nitrogens is 1.